The van der Waals surface area contributed by atoms with Crippen LogP contribution in [0.4, 0.5) is 4.39 Å². The lowest BCUT2D eigenvalue weighted by Gasteiger charge is -2.18. The van der Waals surface area contributed by atoms with Crippen molar-refractivity contribution in [2.24, 2.45) is 5.73 Å². The SMILES string of the molecule is Cc1ccc(-c2c(C(N)=O)cc(-c3c[nH]nc3C)n2COCC[Si](C)(C)C)c(F)c1. The molecule has 1 amide bonds. The predicted octanol–water partition coefficient (Wildman–Crippen LogP) is 4.71. The number of aromatic amines is 1. The van der Waals surface area contributed by atoms with E-state index in [4.69, 9.17) is 10.5 Å². The third-order valence-electron chi connectivity index (χ3n) is 5.07. The number of H-pyrrole nitrogens is 1. The molecule has 0 spiro atoms. The molecule has 2 heterocycles. The number of hydrogen-bond donors (Lipinski definition) is 2. The Balaban J connectivity index is 2.14. The molecule has 0 fully saturated rings. The van der Waals surface area contributed by atoms with Crippen molar-refractivity contribution in [3.8, 4) is 22.5 Å². The Labute approximate surface area is 177 Å². The van der Waals surface area contributed by atoms with Gasteiger partial charge in [0.1, 0.15) is 12.5 Å². The summed E-state index contributed by atoms with van der Waals surface area (Å²) in [7, 11) is -1.26. The van der Waals surface area contributed by atoms with Crippen LogP contribution in [-0.4, -0.2) is 35.4 Å². The summed E-state index contributed by atoms with van der Waals surface area (Å²) in [5, 5.41) is 7.02. The van der Waals surface area contributed by atoms with Gasteiger partial charge in [-0.05, 0) is 43.7 Å². The van der Waals surface area contributed by atoms with Gasteiger partial charge in [0, 0.05) is 32.0 Å². The highest BCUT2D eigenvalue weighted by atomic mass is 28.3. The van der Waals surface area contributed by atoms with E-state index in [2.05, 4.69) is 29.8 Å². The van der Waals surface area contributed by atoms with E-state index in [1.165, 1.54) is 6.07 Å². The van der Waals surface area contributed by atoms with Crippen LogP contribution in [0.15, 0.2) is 30.5 Å². The van der Waals surface area contributed by atoms with Crippen molar-refractivity contribution >= 4 is 14.0 Å². The maximum Gasteiger partial charge on any atom is 0.250 e. The van der Waals surface area contributed by atoms with Crippen LogP contribution >= 0.6 is 0 Å². The molecule has 30 heavy (non-hydrogen) atoms. The first-order valence-corrected chi connectivity index (χ1v) is 13.7. The number of hydrogen-bond acceptors (Lipinski definition) is 3. The zero-order valence-electron chi connectivity index (χ0n) is 18.2. The number of aromatic nitrogens is 3. The third kappa shape index (κ3) is 4.71. The average molecular weight is 429 g/mol. The molecule has 0 aliphatic carbocycles. The Bertz CT molecular complexity index is 1070. The number of amides is 1. The van der Waals surface area contributed by atoms with Crippen molar-refractivity contribution in [3.05, 3.63) is 53.1 Å². The highest BCUT2D eigenvalue weighted by Gasteiger charge is 2.24. The Morgan fingerprint density at radius 2 is 1.97 bits per heavy atom. The number of nitrogens with two attached hydrogens (primary N) is 1. The quantitative estimate of drug-likeness (QED) is 0.402. The van der Waals surface area contributed by atoms with Gasteiger partial charge in [-0.25, -0.2) is 4.39 Å². The maximum absolute atomic E-state index is 14.9. The zero-order valence-corrected chi connectivity index (χ0v) is 19.2. The van der Waals surface area contributed by atoms with Gasteiger partial charge in [0.05, 0.1) is 22.6 Å². The standard InChI is InChI=1S/C22H29FN4O2Si/c1-14-6-7-16(19(23)10-14)21-17(22(24)28)11-20(18-12-25-26-15(18)2)27(21)13-29-8-9-30(3,4)5/h6-7,10-12H,8-9,13H2,1-5H3,(H2,24,28)(H,25,26). The largest absolute Gasteiger partial charge is 0.366 e. The van der Waals surface area contributed by atoms with E-state index < -0.39 is 19.8 Å². The Hall–Kier alpha value is -2.71. The molecular weight excluding hydrogens is 399 g/mol. The second kappa shape index (κ2) is 8.57. The molecule has 6 nitrogen and oxygen atoms in total. The van der Waals surface area contributed by atoms with Crippen molar-refractivity contribution in [2.45, 2.75) is 46.3 Å². The molecular formula is C22H29FN4O2Si. The third-order valence-corrected chi connectivity index (χ3v) is 6.77. The summed E-state index contributed by atoms with van der Waals surface area (Å²) in [6.07, 6.45) is 1.75. The van der Waals surface area contributed by atoms with Crippen LogP contribution in [0, 0.1) is 19.7 Å². The summed E-state index contributed by atoms with van der Waals surface area (Å²) >= 11 is 0. The monoisotopic (exact) mass is 428 g/mol. The minimum Gasteiger partial charge on any atom is -0.366 e. The molecule has 3 aromatic rings. The normalized spacial score (nSPS) is 11.8. The number of halogens is 1. The molecule has 160 valence electrons. The van der Waals surface area contributed by atoms with E-state index in [9.17, 15) is 9.18 Å². The summed E-state index contributed by atoms with van der Waals surface area (Å²) in [5.41, 5.74) is 9.75. The summed E-state index contributed by atoms with van der Waals surface area (Å²) < 4.78 is 22.7. The van der Waals surface area contributed by atoms with Crippen molar-refractivity contribution in [3.63, 3.8) is 0 Å². The van der Waals surface area contributed by atoms with Crippen LogP contribution in [0.2, 0.25) is 25.7 Å². The van der Waals surface area contributed by atoms with E-state index in [-0.39, 0.29) is 12.3 Å². The Morgan fingerprint density at radius 1 is 1.23 bits per heavy atom. The fraction of sp³-hybridized carbons (Fsp3) is 0.364. The molecule has 0 saturated heterocycles. The molecule has 0 radical (unpaired) electrons. The van der Waals surface area contributed by atoms with E-state index >= 15 is 0 Å². The van der Waals surface area contributed by atoms with Crippen LogP contribution < -0.4 is 5.73 Å². The van der Waals surface area contributed by atoms with Crippen LogP contribution in [0.5, 0.6) is 0 Å². The lowest BCUT2D eigenvalue weighted by atomic mass is 10.0. The van der Waals surface area contributed by atoms with Gasteiger partial charge in [-0.15, -0.1) is 0 Å². The number of nitrogens with zero attached hydrogens (tertiary/aromatic N) is 2. The van der Waals surface area contributed by atoms with Gasteiger partial charge in [0.2, 0.25) is 0 Å². The smallest absolute Gasteiger partial charge is 0.250 e. The molecule has 0 aliphatic heterocycles. The molecule has 0 aliphatic rings. The molecule has 3 N–H and O–H groups in total. The van der Waals surface area contributed by atoms with Gasteiger partial charge in [0.25, 0.3) is 5.91 Å². The van der Waals surface area contributed by atoms with Crippen LogP contribution in [0.1, 0.15) is 21.6 Å². The minimum atomic E-state index is -1.26. The molecule has 0 atom stereocenters. The maximum atomic E-state index is 14.9. The fourth-order valence-corrected chi connectivity index (χ4v) is 4.11. The van der Waals surface area contributed by atoms with Gasteiger partial charge in [-0.2, -0.15) is 5.10 Å². The molecule has 0 unspecified atom stereocenters. The van der Waals surface area contributed by atoms with Crippen molar-refractivity contribution in [1.82, 2.24) is 14.8 Å². The van der Waals surface area contributed by atoms with Gasteiger partial charge < -0.3 is 15.0 Å². The first-order valence-electron chi connectivity index (χ1n) is 9.97. The topological polar surface area (TPSA) is 85.9 Å². The van der Waals surface area contributed by atoms with Crippen molar-refractivity contribution in [1.29, 1.82) is 0 Å². The Kier molecular flexibility index (Phi) is 6.28. The first kappa shape index (κ1) is 22.0. The summed E-state index contributed by atoms with van der Waals surface area (Å²) in [6, 6.07) is 7.64. The fourth-order valence-electron chi connectivity index (χ4n) is 3.35. The molecule has 8 heteroatoms. The highest BCUT2D eigenvalue weighted by Crippen LogP contribution is 2.35. The number of benzene rings is 1. The number of primary amides is 1. The number of aryl methyl sites for hydroxylation is 2. The average Bonchev–Trinajstić information content (AvgIpc) is 3.21. The molecule has 0 bridgehead atoms. The van der Waals surface area contributed by atoms with E-state index in [1.807, 2.05) is 24.5 Å². The number of nitrogens with one attached hydrogen (secondary N) is 1. The molecule has 3 rings (SSSR count). The van der Waals surface area contributed by atoms with Crippen LogP contribution in [-0.2, 0) is 11.5 Å². The van der Waals surface area contributed by atoms with Gasteiger partial charge in [-0.3, -0.25) is 9.89 Å². The van der Waals surface area contributed by atoms with Gasteiger partial charge >= 0.3 is 0 Å². The number of rotatable bonds is 8. The summed E-state index contributed by atoms with van der Waals surface area (Å²) in [4.78, 5) is 12.3. The highest BCUT2D eigenvalue weighted by molar-refractivity contribution is 6.76. The Morgan fingerprint density at radius 3 is 2.53 bits per heavy atom. The van der Waals surface area contributed by atoms with E-state index in [1.54, 1.807) is 18.3 Å². The second-order valence-electron chi connectivity index (χ2n) is 8.80. The molecule has 2 aromatic heterocycles. The lowest BCUT2D eigenvalue weighted by molar-refractivity contribution is 0.0893. The first-order chi connectivity index (χ1) is 14.1. The molecule has 1 aromatic carbocycles. The minimum absolute atomic E-state index is 0.181. The summed E-state index contributed by atoms with van der Waals surface area (Å²) in [5.74, 6) is -1.03. The lowest BCUT2D eigenvalue weighted by Crippen LogP contribution is -2.22. The zero-order chi connectivity index (χ0) is 22.1. The van der Waals surface area contributed by atoms with E-state index in [0.717, 1.165) is 22.9 Å². The van der Waals surface area contributed by atoms with Gasteiger partial charge in [0.15, 0.2) is 0 Å². The van der Waals surface area contributed by atoms with Crippen molar-refractivity contribution < 1.29 is 13.9 Å². The van der Waals surface area contributed by atoms with Crippen LogP contribution in [0.25, 0.3) is 22.5 Å². The van der Waals surface area contributed by atoms with Crippen LogP contribution in [0.3, 0.4) is 0 Å². The number of carbonyl (C=O) groups is 1. The van der Waals surface area contributed by atoms with E-state index in [0.29, 0.717) is 23.6 Å². The predicted molar refractivity (Wildman–Crippen MR) is 120 cm³/mol. The molecule has 0 saturated carbocycles. The summed E-state index contributed by atoms with van der Waals surface area (Å²) in [6.45, 7) is 11.3. The number of ether oxygens (including phenoxy) is 1. The second-order valence-corrected chi connectivity index (χ2v) is 14.4. The van der Waals surface area contributed by atoms with Gasteiger partial charge in [-0.1, -0.05) is 25.7 Å². The number of carbonyl (C=O) groups excluding carboxylic acids is 1. The van der Waals surface area contributed by atoms with Crippen molar-refractivity contribution in [2.75, 3.05) is 6.61 Å².